The Morgan fingerprint density at radius 3 is 2.79 bits per heavy atom. The fraction of sp³-hybridized carbons (Fsp3) is 0.320. The molecule has 1 saturated heterocycles. The molecule has 1 aliphatic heterocycles. The summed E-state index contributed by atoms with van der Waals surface area (Å²) < 4.78 is 42.1. The molecule has 2 aromatic carbocycles. The predicted octanol–water partition coefficient (Wildman–Crippen LogP) is 4.31. The van der Waals surface area contributed by atoms with E-state index in [2.05, 4.69) is 15.3 Å². The molecule has 3 heterocycles. The first-order valence-corrected chi connectivity index (χ1v) is 11.1. The van der Waals surface area contributed by atoms with E-state index in [1.807, 2.05) is 37.3 Å². The maximum Gasteiger partial charge on any atom is 0.418 e. The zero-order valence-corrected chi connectivity index (χ0v) is 18.4. The molecule has 0 radical (unpaired) electrons. The number of hydrogen-bond acceptors (Lipinski definition) is 4. The molecule has 34 heavy (non-hydrogen) atoms. The van der Waals surface area contributed by atoms with Crippen molar-refractivity contribution in [1.29, 1.82) is 0 Å². The second kappa shape index (κ2) is 8.39. The topological polar surface area (TPSA) is 79.8 Å². The first-order valence-electron chi connectivity index (χ1n) is 11.1. The fourth-order valence-electron chi connectivity index (χ4n) is 4.85. The molecule has 2 N–H and O–H groups in total. The number of carbonyl (C=O) groups excluding carboxylic acids is 1. The van der Waals surface area contributed by atoms with Crippen molar-refractivity contribution in [3.05, 3.63) is 75.8 Å². The van der Waals surface area contributed by atoms with Crippen LogP contribution >= 0.6 is 0 Å². The summed E-state index contributed by atoms with van der Waals surface area (Å²) in [6, 6.07) is 12.2. The van der Waals surface area contributed by atoms with Crippen LogP contribution in [0.3, 0.4) is 0 Å². The molecule has 2 unspecified atom stereocenters. The Morgan fingerprint density at radius 2 is 2.00 bits per heavy atom. The maximum absolute atomic E-state index is 13.7. The van der Waals surface area contributed by atoms with Crippen LogP contribution in [0.1, 0.15) is 35.7 Å². The van der Waals surface area contributed by atoms with E-state index >= 15 is 0 Å². The van der Waals surface area contributed by atoms with Crippen LogP contribution in [0.4, 0.5) is 13.2 Å². The third kappa shape index (κ3) is 4.11. The number of carbonyl (C=O) groups is 1. The molecule has 5 rings (SSSR count). The van der Waals surface area contributed by atoms with Gasteiger partial charge >= 0.3 is 11.9 Å². The summed E-state index contributed by atoms with van der Waals surface area (Å²) >= 11 is 0. The van der Waals surface area contributed by atoms with Crippen LogP contribution in [0.2, 0.25) is 0 Å². The SMILES string of the molecule is Cc1ccc2cc(CC(=O)C3CC(n4c(=O)[nH]c5cccc(C(F)(F)F)c54)CCN3)ccc2n1. The van der Waals surface area contributed by atoms with E-state index in [9.17, 15) is 22.8 Å². The number of hydrogen-bond donors (Lipinski definition) is 2. The third-order valence-corrected chi connectivity index (χ3v) is 6.44. The zero-order valence-electron chi connectivity index (χ0n) is 18.4. The number of aromatic nitrogens is 3. The minimum Gasteiger partial charge on any atom is -0.307 e. The van der Waals surface area contributed by atoms with Crippen molar-refractivity contribution in [2.45, 2.75) is 44.4 Å². The molecule has 1 aliphatic rings. The number of aryl methyl sites for hydroxylation is 1. The second-order valence-corrected chi connectivity index (χ2v) is 8.81. The average molecular weight is 468 g/mol. The molecule has 2 atom stereocenters. The molecule has 0 aliphatic carbocycles. The Kier molecular flexibility index (Phi) is 5.51. The highest BCUT2D eigenvalue weighted by Gasteiger charge is 2.36. The van der Waals surface area contributed by atoms with Crippen LogP contribution in [0.5, 0.6) is 0 Å². The van der Waals surface area contributed by atoms with Crippen molar-refractivity contribution in [2.24, 2.45) is 0 Å². The smallest absolute Gasteiger partial charge is 0.307 e. The quantitative estimate of drug-likeness (QED) is 0.468. The van der Waals surface area contributed by atoms with Crippen LogP contribution < -0.4 is 11.0 Å². The summed E-state index contributed by atoms with van der Waals surface area (Å²) in [6.45, 7) is 2.34. The molecule has 0 spiro atoms. The lowest BCUT2D eigenvalue weighted by Crippen LogP contribution is -2.45. The summed E-state index contributed by atoms with van der Waals surface area (Å²) in [5.41, 5.74) is 1.14. The van der Waals surface area contributed by atoms with Gasteiger partial charge in [-0.3, -0.25) is 14.3 Å². The van der Waals surface area contributed by atoms with Gasteiger partial charge in [-0.05, 0) is 62.2 Å². The average Bonchev–Trinajstić information content (AvgIpc) is 3.14. The highest BCUT2D eigenvalue weighted by molar-refractivity contribution is 5.88. The first-order chi connectivity index (χ1) is 16.2. The van der Waals surface area contributed by atoms with E-state index in [4.69, 9.17) is 0 Å². The van der Waals surface area contributed by atoms with Gasteiger partial charge in [0.1, 0.15) is 0 Å². The summed E-state index contributed by atoms with van der Waals surface area (Å²) in [4.78, 5) is 32.8. The fourth-order valence-corrected chi connectivity index (χ4v) is 4.85. The van der Waals surface area contributed by atoms with E-state index in [0.29, 0.717) is 13.0 Å². The summed E-state index contributed by atoms with van der Waals surface area (Å²) in [5, 5.41) is 4.12. The number of halogens is 3. The number of nitrogens with zero attached hydrogens (tertiary/aromatic N) is 2. The second-order valence-electron chi connectivity index (χ2n) is 8.81. The van der Waals surface area contributed by atoms with Gasteiger partial charge in [0, 0.05) is 23.5 Å². The number of nitrogens with one attached hydrogen (secondary N) is 2. The number of fused-ring (bicyclic) bond motifs is 2. The molecule has 1 fully saturated rings. The van der Waals surface area contributed by atoms with Gasteiger partial charge in [-0.25, -0.2) is 4.79 Å². The lowest BCUT2D eigenvalue weighted by Gasteiger charge is -2.30. The van der Waals surface area contributed by atoms with Crippen LogP contribution in [-0.2, 0) is 17.4 Å². The number of piperidine rings is 1. The Balaban J connectivity index is 1.41. The third-order valence-electron chi connectivity index (χ3n) is 6.44. The van der Waals surface area contributed by atoms with Crippen molar-refractivity contribution in [3.8, 4) is 0 Å². The standard InChI is InChI=1S/C25H23F3N4O2/c1-14-5-7-16-11-15(6-8-19(16)30-14)12-22(33)21-13-17(9-10-29-21)32-23-18(25(26,27)28)3-2-4-20(23)31-24(32)34/h2-8,11,17,21,29H,9-10,12-13H2,1H3,(H,31,34). The Hall–Kier alpha value is -3.46. The Labute approximate surface area is 192 Å². The number of benzene rings is 2. The summed E-state index contributed by atoms with van der Waals surface area (Å²) in [6.07, 6.45) is -3.72. The number of pyridine rings is 1. The van der Waals surface area contributed by atoms with E-state index in [1.165, 1.54) is 16.7 Å². The number of ketones is 1. The molecule has 0 amide bonds. The number of alkyl halides is 3. The molecule has 2 aromatic heterocycles. The van der Waals surface area contributed by atoms with E-state index in [-0.39, 0.29) is 29.7 Å². The van der Waals surface area contributed by atoms with Gasteiger partial charge < -0.3 is 10.3 Å². The largest absolute Gasteiger partial charge is 0.418 e. The van der Waals surface area contributed by atoms with Crippen molar-refractivity contribution in [3.63, 3.8) is 0 Å². The van der Waals surface area contributed by atoms with E-state index in [0.717, 1.165) is 28.2 Å². The lowest BCUT2D eigenvalue weighted by atomic mass is 9.92. The highest BCUT2D eigenvalue weighted by Crippen LogP contribution is 2.36. The molecule has 9 heteroatoms. The minimum atomic E-state index is -4.60. The number of Topliss-reactive ketones (excluding diaryl/α,β-unsaturated/α-hetero) is 1. The molecule has 6 nitrogen and oxygen atoms in total. The van der Waals surface area contributed by atoms with Gasteiger partial charge in [0.2, 0.25) is 0 Å². The number of rotatable bonds is 4. The predicted molar refractivity (Wildman–Crippen MR) is 123 cm³/mol. The Bertz CT molecular complexity index is 1450. The molecule has 176 valence electrons. The number of para-hydroxylation sites is 1. The molecular weight excluding hydrogens is 445 g/mol. The monoisotopic (exact) mass is 468 g/mol. The molecule has 4 aromatic rings. The van der Waals surface area contributed by atoms with Crippen molar-refractivity contribution in [1.82, 2.24) is 19.9 Å². The molecule has 0 saturated carbocycles. The lowest BCUT2D eigenvalue weighted by molar-refractivity contribution is -0.136. The van der Waals surface area contributed by atoms with Crippen LogP contribution in [0.25, 0.3) is 21.9 Å². The van der Waals surface area contributed by atoms with Crippen LogP contribution in [0, 0.1) is 6.92 Å². The van der Waals surface area contributed by atoms with Gasteiger partial charge in [-0.15, -0.1) is 0 Å². The van der Waals surface area contributed by atoms with E-state index < -0.39 is 29.5 Å². The highest BCUT2D eigenvalue weighted by atomic mass is 19.4. The van der Waals surface area contributed by atoms with Crippen molar-refractivity contribution >= 4 is 27.7 Å². The number of aromatic amines is 1. The van der Waals surface area contributed by atoms with Gasteiger partial charge in [-0.2, -0.15) is 13.2 Å². The summed E-state index contributed by atoms with van der Waals surface area (Å²) in [7, 11) is 0. The maximum atomic E-state index is 13.7. The van der Waals surface area contributed by atoms with Crippen molar-refractivity contribution < 1.29 is 18.0 Å². The van der Waals surface area contributed by atoms with Crippen LogP contribution in [0.15, 0.2) is 53.3 Å². The molecule has 0 bridgehead atoms. The minimum absolute atomic E-state index is 0.0620. The zero-order chi connectivity index (χ0) is 24.0. The number of H-pyrrole nitrogens is 1. The van der Waals surface area contributed by atoms with Gasteiger partial charge in [-0.1, -0.05) is 18.2 Å². The Morgan fingerprint density at radius 1 is 1.18 bits per heavy atom. The molecular formula is C25H23F3N4O2. The van der Waals surface area contributed by atoms with E-state index in [1.54, 1.807) is 0 Å². The van der Waals surface area contributed by atoms with Crippen molar-refractivity contribution in [2.75, 3.05) is 6.54 Å². The van der Waals surface area contributed by atoms with Crippen LogP contribution in [-0.4, -0.2) is 32.9 Å². The normalized spacial score (nSPS) is 19.1. The van der Waals surface area contributed by atoms with Gasteiger partial charge in [0.05, 0.1) is 28.2 Å². The van der Waals surface area contributed by atoms with Gasteiger partial charge in [0.15, 0.2) is 5.78 Å². The summed E-state index contributed by atoms with van der Waals surface area (Å²) in [5.74, 6) is -0.0620. The number of imidazole rings is 1. The van der Waals surface area contributed by atoms with Gasteiger partial charge in [0.25, 0.3) is 0 Å². The first kappa shape index (κ1) is 22.3.